The maximum absolute atomic E-state index is 12.3. The molecule has 0 spiro atoms. The first-order chi connectivity index (χ1) is 10.2. The molecule has 0 aliphatic carbocycles. The van der Waals surface area contributed by atoms with Crippen LogP contribution in [-0.4, -0.2) is 46.6 Å². The molecule has 0 amide bonds. The van der Waals surface area contributed by atoms with Crippen molar-refractivity contribution in [1.29, 1.82) is 0 Å². The number of benzene rings is 1. The van der Waals surface area contributed by atoms with Gasteiger partial charge in [-0.2, -0.15) is 0 Å². The third-order valence-corrected chi connectivity index (χ3v) is 3.42. The number of methoxy groups -OCH3 is 1. The molecule has 1 aromatic carbocycles. The molecule has 1 rings (SSSR count). The summed E-state index contributed by atoms with van der Waals surface area (Å²) in [6.45, 7) is 4.14. The average molecular weight is 295 g/mol. The Morgan fingerprint density at radius 1 is 1.14 bits per heavy atom. The molecule has 5 heteroatoms. The summed E-state index contributed by atoms with van der Waals surface area (Å²) in [5.41, 5.74) is -0.0190. The highest BCUT2D eigenvalue weighted by Crippen LogP contribution is 2.26. The van der Waals surface area contributed by atoms with E-state index < -0.39 is 5.54 Å². The van der Waals surface area contributed by atoms with Crippen LogP contribution in [0.2, 0.25) is 0 Å². The van der Waals surface area contributed by atoms with Crippen molar-refractivity contribution in [3.63, 3.8) is 0 Å². The summed E-state index contributed by atoms with van der Waals surface area (Å²) in [5, 5.41) is 3.10. The minimum Gasteiger partial charge on any atom is -0.467 e. The van der Waals surface area contributed by atoms with Gasteiger partial charge in [-0.25, -0.2) is 4.79 Å². The van der Waals surface area contributed by atoms with Gasteiger partial charge in [0.2, 0.25) is 0 Å². The zero-order valence-electron chi connectivity index (χ0n) is 13.1. The highest BCUT2D eigenvalue weighted by Gasteiger charge is 2.39. The van der Waals surface area contributed by atoms with Crippen LogP contribution in [0, 0.1) is 0 Å². The average Bonchev–Trinajstić information content (AvgIpc) is 2.55. The second-order valence-electron chi connectivity index (χ2n) is 4.57. The fourth-order valence-electron chi connectivity index (χ4n) is 2.22. The first-order valence-corrected chi connectivity index (χ1v) is 7.19. The Morgan fingerprint density at radius 2 is 1.81 bits per heavy atom. The Bertz CT molecular complexity index is 410. The molecule has 0 saturated carbocycles. The van der Waals surface area contributed by atoms with Crippen LogP contribution in [0.25, 0.3) is 0 Å². The normalized spacial score (nSPS) is 13.7. The predicted molar refractivity (Wildman–Crippen MR) is 81.1 cm³/mol. The Labute approximate surface area is 126 Å². The van der Waals surface area contributed by atoms with Crippen molar-refractivity contribution in [2.75, 3.05) is 40.6 Å². The molecule has 0 aromatic heterocycles. The number of carbonyl (C=O) groups excluding carboxylic acids is 1. The van der Waals surface area contributed by atoms with Crippen molar-refractivity contribution in [2.45, 2.75) is 18.9 Å². The minimum atomic E-state index is -0.887. The van der Waals surface area contributed by atoms with E-state index in [0.717, 1.165) is 5.56 Å². The van der Waals surface area contributed by atoms with Gasteiger partial charge in [-0.15, -0.1) is 0 Å². The lowest BCUT2D eigenvalue weighted by Crippen LogP contribution is -2.49. The molecule has 0 fully saturated rings. The van der Waals surface area contributed by atoms with Gasteiger partial charge in [-0.3, -0.25) is 0 Å². The van der Waals surface area contributed by atoms with Crippen LogP contribution in [-0.2, 0) is 24.5 Å². The second kappa shape index (κ2) is 9.50. The zero-order valence-corrected chi connectivity index (χ0v) is 13.1. The second-order valence-corrected chi connectivity index (χ2v) is 4.57. The molecular weight excluding hydrogens is 270 g/mol. The first-order valence-electron chi connectivity index (χ1n) is 7.19. The first kappa shape index (κ1) is 17.6. The highest BCUT2D eigenvalue weighted by atomic mass is 16.5. The van der Waals surface area contributed by atoms with Gasteiger partial charge in [0.1, 0.15) is 5.54 Å². The van der Waals surface area contributed by atoms with Crippen LogP contribution in [0.4, 0.5) is 0 Å². The molecule has 1 unspecified atom stereocenters. The van der Waals surface area contributed by atoms with Gasteiger partial charge >= 0.3 is 5.97 Å². The Hall–Kier alpha value is -1.43. The van der Waals surface area contributed by atoms with E-state index in [9.17, 15) is 4.79 Å². The molecule has 0 saturated heterocycles. The fourth-order valence-corrected chi connectivity index (χ4v) is 2.22. The summed E-state index contributed by atoms with van der Waals surface area (Å²) in [6, 6.07) is 9.54. The molecule has 0 radical (unpaired) electrons. The van der Waals surface area contributed by atoms with Crippen molar-refractivity contribution < 1.29 is 19.0 Å². The van der Waals surface area contributed by atoms with Crippen LogP contribution in [0.15, 0.2) is 30.3 Å². The van der Waals surface area contributed by atoms with E-state index in [1.54, 1.807) is 7.05 Å². The smallest absolute Gasteiger partial charge is 0.330 e. The van der Waals surface area contributed by atoms with E-state index in [1.807, 2.05) is 37.3 Å². The van der Waals surface area contributed by atoms with Crippen LogP contribution in [0.5, 0.6) is 0 Å². The van der Waals surface area contributed by atoms with Crippen molar-refractivity contribution >= 4 is 5.97 Å². The summed E-state index contributed by atoms with van der Waals surface area (Å²) < 4.78 is 15.7. The summed E-state index contributed by atoms with van der Waals surface area (Å²) in [5.74, 6) is -0.315. The lowest BCUT2D eigenvalue weighted by atomic mass is 9.87. The van der Waals surface area contributed by atoms with E-state index >= 15 is 0 Å². The number of esters is 1. The Balaban J connectivity index is 2.71. The van der Waals surface area contributed by atoms with Gasteiger partial charge < -0.3 is 19.5 Å². The van der Waals surface area contributed by atoms with Crippen LogP contribution in [0.1, 0.15) is 18.9 Å². The Morgan fingerprint density at radius 3 is 2.38 bits per heavy atom. The number of nitrogens with one attached hydrogen (secondary N) is 1. The fraction of sp³-hybridized carbons (Fsp3) is 0.562. The van der Waals surface area contributed by atoms with E-state index in [1.165, 1.54) is 7.11 Å². The topological polar surface area (TPSA) is 56.8 Å². The van der Waals surface area contributed by atoms with Gasteiger partial charge in [0, 0.05) is 19.6 Å². The predicted octanol–water partition coefficient (Wildman–Crippen LogP) is 1.72. The van der Waals surface area contributed by atoms with Crippen molar-refractivity contribution in [3.05, 3.63) is 35.9 Å². The van der Waals surface area contributed by atoms with Crippen molar-refractivity contribution in [2.24, 2.45) is 0 Å². The monoisotopic (exact) mass is 295 g/mol. The molecule has 0 aliphatic rings. The molecule has 118 valence electrons. The van der Waals surface area contributed by atoms with E-state index in [4.69, 9.17) is 14.2 Å². The van der Waals surface area contributed by atoms with Gasteiger partial charge in [-0.05, 0) is 19.5 Å². The van der Waals surface area contributed by atoms with E-state index in [2.05, 4.69) is 5.32 Å². The number of likely N-dealkylation sites (N-methyl/N-ethyl adjacent to an activating group) is 1. The van der Waals surface area contributed by atoms with Crippen LogP contribution < -0.4 is 5.32 Å². The number of carbonyl (C=O) groups is 1. The number of ether oxygens (including phenoxy) is 3. The maximum atomic E-state index is 12.3. The molecule has 0 aliphatic heterocycles. The van der Waals surface area contributed by atoms with Crippen molar-refractivity contribution in [1.82, 2.24) is 5.32 Å². The van der Waals surface area contributed by atoms with Gasteiger partial charge in [0.25, 0.3) is 0 Å². The van der Waals surface area contributed by atoms with Gasteiger partial charge in [0.15, 0.2) is 0 Å². The number of rotatable bonds is 10. The van der Waals surface area contributed by atoms with Gasteiger partial charge in [-0.1, -0.05) is 30.3 Å². The van der Waals surface area contributed by atoms with Crippen LogP contribution in [0.3, 0.4) is 0 Å². The standard InChI is InChI=1S/C16H25NO4/c1-4-20-12-13-21-11-10-16(17-2,15(18)19-3)14-8-6-5-7-9-14/h5-9,17H,4,10-13H2,1-3H3. The molecule has 1 atom stereocenters. The SMILES string of the molecule is CCOCCOCCC(NC)(C(=O)OC)c1ccccc1. The third kappa shape index (κ3) is 4.81. The molecule has 1 N–H and O–H groups in total. The maximum Gasteiger partial charge on any atom is 0.330 e. The summed E-state index contributed by atoms with van der Waals surface area (Å²) >= 11 is 0. The molecule has 0 bridgehead atoms. The minimum absolute atomic E-state index is 0.315. The number of hydrogen-bond donors (Lipinski definition) is 1. The Kier molecular flexibility index (Phi) is 7.97. The van der Waals surface area contributed by atoms with Crippen LogP contribution >= 0.6 is 0 Å². The summed E-state index contributed by atoms with van der Waals surface area (Å²) in [6.07, 6.45) is 0.492. The van der Waals surface area contributed by atoms with Gasteiger partial charge in [0.05, 0.1) is 20.3 Å². The van der Waals surface area contributed by atoms with E-state index in [-0.39, 0.29) is 5.97 Å². The zero-order chi connectivity index (χ0) is 15.6. The molecule has 5 nitrogen and oxygen atoms in total. The molecule has 1 aromatic rings. The molecule has 0 heterocycles. The number of hydrogen-bond acceptors (Lipinski definition) is 5. The summed E-state index contributed by atoms with van der Waals surface area (Å²) in [4.78, 5) is 12.3. The van der Waals surface area contributed by atoms with E-state index in [0.29, 0.717) is 32.8 Å². The summed E-state index contributed by atoms with van der Waals surface area (Å²) in [7, 11) is 3.15. The quantitative estimate of drug-likeness (QED) is 0.526. The molecular formula is C16H25NO4. The lowest BCUT2D eigenvalue weighted by Gasteiger charge is -2.31. The third-order valence-electron chi connectivity index (χ3n) is 3.42. The highest BCUT2D eigenvalue weighted by molar-refractivity contribution is 5.82. The largest absolute Gasteiger partial charge is 0.467 e. The molecule has 21 heavy (non-hydrogen) atoms. The van der Waals surface area contributed by atoms with Crippen molar-refractivity contribution in [3.8, 4) is 0 Å². The lowest BCUT2D eigenvalue weighted by molar-refractivity contribution is -0.150.